The van der Waals surface area contributed by atoms with Gasteiger partial charge in [0.2, 0.25) is 5.79 Å². The van der Waals surface area contributed by atoms with Gasteiger partial charge in [-0.15, -0.1) is 0 Å². The van der Waals surface area contributed by atoms with E-state index in [4.69, 9.17) is 18.6 Å². The molecule has 1 aliphatic heterocycles. The van der Waals surface area contributed by atoms with Crippen molar-refractivity contribution in [3.8, 4) is 17.2 Å². The summed E-state index contributed by atoms with van der Waals surface area (Å²) >= 11 is 0. The maximum atomic E-state index is 13.9. The highest BCUT2D eigenvalue weighted by Crippen LogP contribution is 2.64. The zero-order valence-electron chi connectivity index (χ0n) is 18.8. The standard InChI is InChI=1S/C24H26O9/c1-5-10-13(30-3)7-11-17(21(10)26)22(27)20-19-12(6-2)33-24(20,29)23(11,28)9-15-18(19)14(31-4)8-16(25)32-15/h7-8,12,19-20,26,28-29H,5-6,9H2,1-4H3. The summed E-state index contributed by atoms with van der Waals surface area (Å²) in [6, 6.07) is 2.62. The minimum Gasteiger partial charge on any atom is -0.507 e. The Bertz CT molecular complexity index is 1230. The SMILES string of the molecule is CCc1c(OC)cc2c(c1O)C(=O)C1C3c4c(OC)cc(=O)oc4CC2(O)C1(O)OC3CC. The Kier molecular flexibility index (Phi) is 4.69. The number of phenols is 1. The molecule has 5 unspecified atom stereocenters. The number of ether oxygens (including phenoxy) is 3. The molecule has 5 atom stereocenters. The van der Waals surface area contributed by atoms with Crippen LogP contribution >= 0.6 is 0 Å². The summed E-state index contributed by atoms with van der Waals surface area (Å²) in [4.78, 5) is 26.2. The summed E-state index contributed by atoms with van der Waals surface area (Å²) < 4.78 is 22.4. The van der Waals surface area contributed by atoms with Crippen LogP contribution < -0.4 is 15.1 Å². The lowest BCUT2D eigenvalue weighted by Gasteiger charge is -2.47. The van der Waals surface area contributed by atoms with E-state index in [1.807, 2.05) is 13.8 Å². The van der Waals surface area contributed by atoms with Crippen molar-refractivity contribution in [1.82, 2.24) is 0 Å². The minimum absolute atomic E-state index is 0.0355. The van der Waals surface area contributed by atoms with E-state index in [-0.39, 0.29) is 40.6 Å². The number of methoxy groups -OCH3 is 2. The molecule has 4 bridgehead atoms. The highest BCUT2D eigenvalue weighted by molar-refractivity contribution is 6.06. The first-order valence-electron chi connectivity index (χ1n) is 11.0. The predicted octanol–water partition coefficient (Wildman–Crippen LogP) is 1.76. The van der Waals surface area contributed by atoms with Crippen LogP contribution in [0.3, 0.4) is 0 Å². The second-order valence-electron chi connectivity index (χ2n) is 8.82. The van der Waals surface area contributed by atoms with E-state index in [0.29, 0.717) is 24.0 Å². The fourth-order valence-electron chi connectivity index (χ4n) is 5.99. The summed E-state index contributed by atoms with van der Waals surface area (Å²) in [5.74, 6) is -4.65. The number of hydrogen-bond acceptors (Lipinski definition) is 9. The number of hydrogen-bond donors (Lipinski definition) is 3. The molecule has 0 amide bonds. The third kappa shape index (κ3) is 2.52. The van der Waals surface area contributed by atoms with Crippen molar-refractivity contribution in [3.05, 3.63) is 50.6 Å². The molecule has 1 aromatic carbocycles. The van der Waals surface area contributed by atoms with E-state index in [2.05, 4.69) is 0 Å². The van der Waals surface area contributed by atoms with Gasteiger partial charge in [0.15, 0.2) is 11.4 Å². The van der Waals surface area contributed by atoms with Gasteiger partial charge in [0.05, 0.1) is 37.9 Å². The number of benzene rings is 1. The van der Waals surface area contributed by atoms with Gasteiger partial charge in [0.1, 0.15) is 23.0 Å². The lowest BCUT2D eigenvalue weighted by atomic mass is 9.64. The van der Waals surface area contributed by atoms with Gasteiger partial charge in [-0.05, 0) is 18.9 Å². The topological polar surface area (TPSA) is 136 Å². The molecule has 0 spiro atoms. The molecule has 0 radical (unpaired) electrons. The maximum absolute atomic E-state index is 13.9. The minimum atomic E-state index is -2.32. The Morgan fingerprint density at radius 1 is 1.12 bits per heavy atom. The summed E-state index contributed by atoms with van der Waals surface area (Å²) in [5, 5.41) is 35.1. The average Bonchev–Trinajstić information content (AvgIpc) is 3.07. The van der Waals surface area contributed by atoms with Gasteiger partial charge < -0.3 is 33.9 Å². The number of rotatable bonds is 4. The van der Waals surface area contributed by atoms with Gasteiger partial charge in [-0.1, -0.05) is 13.8 Å². The summed E-state index contributed by atoms with van der Waals surface area (Å²) in [5.41, 5.74) is -2.19. The quantitative estimate of drug-likeness (QED) is 0.626. The second kappa shape index (κ2) is 7.06. The summed E-state index contributed by atoms with van der Waals surface area (Å²) in [6.07, 6.45) is -0.271. The smallest absolute Gasteiger partial charge is 0.339 e. The fraction of sp³-hybridized carbons (Fsp3) is 0.500. The van der Waals surface area contributed by atoms with E-state index in [1.54, 1.807) is 0 Å². The first kappa shape index (κ1) is 21.9. The van der Waals surface area contributed by atoms with Gasteiger partial charge in [-0.2, -0.15) is 0 Å². The van der Waals surface area contributed by atoms with E-state index < -0.39 is 40.7 Å². The number of carbonyl (C=O) groups excluding carboxylic acids is 1. The molecular weight excluding hydrogens is 432 g/mol. The Labute approximate surface area is 189 Å². The number of ketones is 1. The molecule has 3 aliphatic rings. The molecule has 9 nitrogen and oxygen atoms in total. The van der Waals surface area contributed by atoms with Crippen molar-refractivity contribution in [2.45, 2.75) is 56.5 Å². The van der Waals surface area contributed by atoms with E-state index in [9.17, 15) is 24.9 Å². The Morgan fingerprint density at radius 2 is 1.82 bits per heavy atom. The maximum Gasteiger partial charge on any atom is 0.339 e. The van der Waals surface area contributed by atoms with E-state index >= 15 is 0 Å². The lowest BCUT2D eigenvalue weighted by molar-refractivity contribution is -0.309. The van der Waals surface area contributed by atoms with Gasteiger partial charge in [0, 0.05) is 29.0 Å². The van der Waals surface area contributed by atoms with Gasteiger partial charge in [0.25, 0.3) is 0 Å². The monoisotopic (exact) mass is 458 g/mol. The molecule has 1 fully saturated rings. The third-order valence-corrected chi connectivity index (χ3v) is 7.43. The molecule has 5 rings (SSSR count). The Hall–Kier alpha value is -2.88. The van der Waals surface area contributed by atoms with Gasteiger partial charge in [-0.3, -0.25) is 4.79 Å². The molecular formula is C24H26O9. The first-order chi connectivity index (χ1) is 15.7. The van der Waals surface area contributed by atoms with Crippen molar-refractivity contribution in [3.63, 3.8) is 0 Å². The Balaban J connectivity index is 1.92. The number of phenolic OH excluding ortho intramolecular Hbond substituents is 1. The second-order valence-corrected chi connectivity index (χ2v) is 8.82. The highest BCUT2D eigenvalue weighted by Gasteiger charge is 2.73. The molecule has 1 saturated heterocycles. The molecule has 1 aromatic heterocycles. The van der Waals surface area contributed by atoms with Crippen LogP contribution in [0.4, 0.5) is 0 Å². The average molecular weight is 458 g/mol. The zero-order valence-corrected chi connectivity index (χ0v) is 18.8. The van der Waals surface area contributed by atoms with Crippen LogP contribution in [0.2, 0.25) is 0 Å². The number of Topliss-reactive ketones (excluding diaryl/α,β-unsaturated/α-hetero) is 1. The van der Waals surface area contributed by atoms with Crippen LogP contribution in [0.25, 0.3) is 0 Å². The zero-order chi connectivity index (χ0) is 23.9. The van der Waals surface area contributed by atoms with Crippen molar-refractivity contribution in [2.24, 2.45) is 5.92 Å². The lowest BCUT2D eigenvalue weighted by Crippen LogP contribution is -2.61. The largest absolute Gasteiger partial charge is 0.507 e. The van der Waals surface area contributed by atoms with Crippen LogP contribution in [-0.2, 0) is 23.2 Å². The van der Waals surface area contributed by atoms with Gasteiger partial charge in [-0.25, -0.2) is 4.79 Å². The molecule has 3 N–H and O–H groups in total. The fourth-order valence-corrected chi connectivity index (χ4v) is 5.99. The summed E-state index contributed by atoms with van der Waals surface area (Å²) in [6.45, 7) is 3.64. The molecule has 2 aliphatic carbocycles. The molecule has 0 saturated carbocycles. The Morgan fingerprint density at radius 3 is 2.42 bits per heavy atom. The molecule has 33 heavy (non-hydrogen) atoms. The van der Waals surface area contributed by atoms with Crippen LogP contribution in [-0.4, -0.2) is 47.2 Å². The van der Waals surface area contributed by atoms with Crippen molar-refractivity contribution >= 4 is 5.78 Å². The number of aromatic hydroxyl groups is 1. The number of carbonyl (C=O) groups is 1. The van der Waals surface area contributed by atoms with Crippen molar-refractivity contribution in [2.75, 3.05) is 14.2 Å². The van der Waals surface area contributed by atoms with Crippen LogP contribution in [0.1, 0.15) is 59.0 Å². The van der Waals surface area contributed by atoms with E-state index in [1.165, 1.54) is 26.4 Å². The summed E-state index contributed by atoms with van der Waals surface area (Å²) in [7, 11) is 2.80. The van der Waals surface area contributed by atoms with Crippen molar-refractivity contribution < 1.29 is 38.7 Å². The molecule has 2 aromatic rings. The van der Waals surface area contributed by atoms with Gasteiger partial charge >= 0.3 is 5.63 Å². The third-order valence-electron chi connectivity index (χ3n) is 7.43. The normalized spacial score (nSPS) is 31.6. The van der Waals surface area contributed by atoms with Crippen LogP contribution in [0.5, 0.6) is 17.2 Å². The predicted molar refractivity (Wildman–Crippen MR) is 114 cm³/mol. The highest BCUT2D eigenvalue weighted by atomic mass is 16.7. The first-order valence-corrected chi connectivity index (χ1v) is 11.0. The molecule has 9 heteroatoms. The number of fused-ring (bicyclic) bond motifs is 4. The molecule has 176 valence electrons. The van der Waals surface area contributed by atoms with Crippen LogP contribution in [0, 0.1) is 5.92 Å². The van der Waals surface area contributed by atoms with Crippen LogP contribution in [0.15, 0.2) is 21.3 Å². The van der Waals surface area contributed by atoms with E-state index in [0.717, 1.165) is 0 Å². The number of aliphatic hydroxyl groups is 2. The molecule has 2 heterocycles. The van der Waals surface area contributed by atoms with Crippen molar-refractivity contribution in [1.29, 1.82) is 0 Å².